The van der Waals surface area contributed by atoms with Crippen LogP contribution in [0.15, 0.2) is 61.1 Å². The molecule has 1 aliphatic rings. The minimum absolute atomic E-state index is 0.118. The maximum absolute atomic E-state index is 11.7. The molecule has 1 aliphatic heterocycles. The van der Waals surface area contributed by atoms with Gasteiger partial charge in [0.05, 0.1) is 21.2 Å². The average Bonchev–Trinajstić information content (AvgIpc) is 3.29. The molecule has 0 unspecified atom stereocenters. The number of fused-ring (bicyclic) bond motifs is 1. The van der Waals surface area contributed by atoms with Crippen LogP contribution in [0.5, 0.6) is 5.75 Å². The summed E-state index contributed by atoms with van der Waals surface area (Å²) in [5.41, 5.74) is 7.98. The van der Waals surface area contributed by atoms with Gasteiger partial charge in [0.1, 0.15) is 30.1 Å². The molecule has 3 heterocycles. The summed E-state index contributed by atoms with van der Waals surface area (Å²) in [7, 11) is 0. The molecular formula is C27H23ClN6O3. The third-order valence-corrected chi connectivity index (χ3v) is 6.63. The molecule has 0 radical (unpaired) electrons. The molecule has 186 valence electrons. The summed E-state index contributed by atoms with van der Waals surface area (Å²) in [5.74, 6) is 7.10. The fourth-order valence-corrected chi connectivity index (χ4v) is 4.53. The number of rotatable bonds is 5. The SMILES string of the molecule is C[C@]1(C#Cc2cc3ncnc(N)c3cc2[N+](=O)[O-])CCN(c2ccc(OCc3ccccn3)c(Cl)c2)C1. The van der Waals surface area contributed by atoms with Gasteiger partial charge >= 0.3 is 0 Å². The zero-order valence-corrected chi connectivity index (χ0v) is 20.8. The van der Waals surface area contributed by atoms with E-state index in [-0.39, 0.29) is 16.9 Å². The van der Waals surface area contributed by atoms with Crippen LogP contribution in [-0.4, -0.2) is 33.0 Å². The average molecular weight is 515 g/mol. The molecule has 1 atom stereocenters. The Kier molecular flexibility index (Phi) is 6.51. The lowest BCUT2D eigenvalue weighted by Crippen LogP contribution is -2.23. The molecule has 1 saturated heterocycles. The van der Waals surface area contributed by atoms with Crippen LogP contribution in [0.3, 0.4) is 0 Å². The van der Waals surface area contributed by atoms with E-state index in [1.807, 2.05) is 36.4 Å². The number of nitrogens with two attached hydrogens (primary N) is 1. The molecule has 9 nitrogen and oxygen atoms in total. The molecular weight excluding hydrogens is 492 g/mol. The highest BCUT2D eigenvalue weighted by atomic mass is 35.5. The van der Waals surface area contributed by atoms with Crippen molar-refractivity contribution in [1.29, 1.82) is 0 Å². The number of pyridine rings is 1. The molecule has 2 aromatic heterocycles. The highest BCUT2D eigenvalue weighted by molar-refractivity contribution is 6.32. The first-order chi connectivity index (χ1) is 17.8. The fourth-order valence-electron chi connectivity index (χ4n) is 4.30. The van der Waals surface area contributed by atoms with Gasteiger partial charge < -0.3 is 15.4 Å². The second-order valence-corrected chi connectivity index (χ2v) is 9.52. The van der Waals surface area contributed by atoms with Gasteiger partial charge in [0, 0.05) is 41.8 Å². The normalized spacial score (nSPS) is 16.9. The Morgan fingerprint density at radius 3 is 2.84 bits per heavy atom. The number of nitrogens with zero attached hydrogens (tertiary/aromatic N) is 5. The lowest BCUT2D eigenvalue weighted by Gasteiger charge is -2.22. The van der Waals surface area contributed by atoms with Crippen LogP contribution in [0.1, 0.15) is 24.6 Å². The first kappa shape index (κ1) is 24.3. The fraction of sp³-hybridized carbons (Fsp3) is 0.222. The van der Waals surface area contributed by atoms with Crippen molar-refractivity contribution in [2.75, 3.05) is 23.7 Å². The first-order valence-electron chi connectivity index (χ1n) is 11.6. The Bertz CT molecular complexity index is 1550. The van der Waals surface area contributed by atoms with Gasteiger partial charge in [-0.25, -0.2) is 9.97 Å². The van der Waals surface area contributed by atoms with Crippen molar-refractivity contribution < 1.29 is 9.66 Å². The van der Waals surface area contributed by atoms with Gasteiger partial charge in [-0.05, 0) is 49.7 Å². The van der Waals surface area contributed by atoms with E-state index in [1.165, 1.54) is 12.4 Å². The minimum Gasteiger partial charge on any atom is -0.486 e. The van der Waals surface area contributed by atoms with Crippen molar-refractivity contribution in [3.8, 4) is 17.6 Å². The van der Waals surface area contributed by atoms with Crippen LogP contribution in [0.2, 0.25) is 5.02 Å². The third kappa shape index (κ3) is 5.25. The molecule has 2 N–H and O–H groups in total. The lowest BCUT2D eigenvalue weighted by atomic mass is 9.90. The van der Waals surface area contributed by atoms with Gasteiger partial charge in [0.25, 0.3) is 5.69 Å². The molecule has 10 heteroatoms. The van der Waals surface area contributed by atoms with Crippen LogP contribution in [-0.2, 0) is 6.61 Å². The first-order valence-corrected chi connectivity index (χ1v) is 12.0. The smallest absolute Gasteiger partial charge is 0.285 e. The van der Waals surface area contributed by atoms with Gasteiger partial charge in [0.2, 0.25) is 0 Å². The number of hydrogen-bond donors (Lipinski definition) is 1. The lowest BCUT2D eigenvalue weighted by molar-refractivity contribution is -0.385. The standard InChI is InChI=1S/C27H23ClN6O3/c1-27(8-7-18-12-23-21(14-24(18)34(35)36)26(29)32-17-31-23)9-11-33(16-27)20-5-6-25(22(28)13-20)37-15-19-4-2-3-10-30-19/h2-6,10,12-14,17H,9,11,15-16H2,1H3,(H2,29,31,32)/t27-/m0/s1. The number of nitro benzene ring substituents is 1. The van der Waals surface area contributed by atoms with Gasteiger partial charge in [0.15, 0.2) is 0 Å². The number of halogens is 1. The highest BCUT2D eigenvalue weighted by Gasteiger charge is 2.33. The summed E-state index contributed by atoms with van der Waals surface area (Å²) >= 11 is 6.51. The zero-order chi connectivity index (χ0) is 26.0. The molecule has 2 aromatic carbocycles. The maximum Gasteiger partial charge on any atom is 0.285 e. The van der Waals surface area contributed by atoms with E-state index in [0.29, 0.717) is 40.4 Å². The molecule has 37 heavy (non-hydrogen) atoms. The number of anilines is 2. The summed E-state index contributed by atoms with van der Waals surface area (Å²) in [6.45, 7) is 3.82. The summed E-state index contributed by atoms with van der Waals surface area (Å²) in [6.07, 6.45) is 3.85. The van der Waals surface area contributed by atoms with Gasteiger partial charge in [-0.3, -0.25) is 15.1 Å². The van der Waals surface area contributed by atoms with Crippen molar-refractivity contribution in [2.24, 2.45) is 5.41 Å². The van der Waals surface area contributed by atoms with E-state index in [4.69, 9.17) is 22.1 Å². The Labute approximate surface area is 218 Å². The minimum atomic E-state index is -0.460. The molecule has 4 aromatic rings. The Morgan fingerprint density at radius 1 is 1.22 bits per heavy atom. The van der Waals surface area contributed by atoms with E-state index >= 15 is 0 Å². The van der Waals surface area contributed by atoms with Crippen LogP contribution in [0, 0.1) is 27.4 Å². The summed E-state index contributed by atoms with van der Waals surface area (Å²) < 4.78 is 5.83. The number of ether oxygens (including phenoxy) is 1. The third-order valence-electron chi connectivity index (χ3n) is 6.33. The second-order valence-electron chi connectivity index (χ2n) is 9.11. The largest absolute Gasteiger partial charge is 0.486 e. The van der Waals surface area contributed by atoms with E-state index in [0.717, 1.165) is 24.3 Å². The molecule has 0 bridgehead atoms. The Morgan fingerprint density at radius 2 is 2.08 bits per heavy atom. The quantitative estimate of drug-likeness (QED) is 0.224. The Balaban J connectivity index is 1.33. The number of hydrogen-bond acceptors (Lipinski definition) is 8. The van der Waals surface area contributed by atoms with Crippen molar-refractivity contribution in [3.05, 3.63) is 87.4 Å². The number of nitro groups is 1. The monoisotopic (exact) mass is 514 g/mol. The molecule has 1 fully saturated rings. The van der Waals surface area contributed by atoms with Crippen LogP contribution in [0.4, 0.5) is 17.2 Å². The predicted molar refractivity (Wildman–Crippen MR) is 142 cm³/mol. The Hall–Kier alpha value is -4.42. The summed E-state index contributed by atoms with van der Waals surface area (Å²) in [6, 6.07) is 14.3. The molecule has 5 rings (SSSR count). The van der Waals surface area contributed by atoms with E-state index < -0.39 is 4.92 Å². The molecule has 0 spiro atoms. The van der Waals surface area contributed by atoms with Gasteiger partial charge in [-0.15, -0.1) is 0 Å². The molecule has 0 saturated carbocycles. The van der Waals surface area contributed by atoms with E-state index in [2.05, 4.69) is 38.6 Å². The second kappa shape index (κ2) is 9.91. The van der Waals surface area contributed by atoms with Crippen LogP contribution in [0.25, 0.3) is 10.9 Å². The van der Waals surface area contributed by atoms with Crippen LogP contribution < -0.4 is 15.4 Å². The molecule has 0 amide bonds. The van der Waals surface area contributed by atoms with Crippen LogP contribution >= 0.6 is 11.6 Å². The van der Waals surface area contributed by atoms with Gasteiger partial charge in [-0.1, -0.05) is 29.5 Å². The van der Waals surface area contributed by atoms with Gasteiger partial charge in [-0.2, -0.15) is 0 Å². The number of benzene rings is 2. The molecule has 0 aliphatic carbocycles. The predicted octanol–water partition coefficient (Wildman–Crippen LogP) is 5.02. The number of nitrogen functional groups attached to an aromatic ring is 1. The van der Waals surface area contributed by atoms with E-state index in [9.17, 15) is 10.1 Å². The number of aromatic nitrogens is 3. The zero-order valence-electron chi connectivity index (χ0n) is 20.0. The van der Waals surface area contributed by atoms with Crippen molar-refractivity contribution in [2.45, 2.75) is 20.0 Å². The summed E-state index contributed by atoms with van der Waals surface area (Å²) in [4.78, 5) is 25.8. The topological polar surface area (TPSA) is 120 Å². The maximum atomic E-state index is 11.7. The van der Waals surface area contributed by atoms with Crippen molar-refractivity contribution >= 4 is 39.7 Å². The van der Waals surface area contributed by atoms with E-state index in [1.54, 1.807) is 12.3 Å². The van der Waals surface area contributed by atoms with Crippen molar-refractivity contribution in [3.63, 3.8) is 0 Å². The highest BCUT2D eigenvalue weighted by Crippen LogP contribution is 2.36. The summed E-state index contributed by atoms with van der Waals surface area (Å²) in [5, 5.41) is 12.6. The van der Waals surface area contributed by atoms with Crippen molar-refractivity contribution in [1.82, 2.24) is 15.0 Å².